The minimum absolute atomic E-state index is 0.257. The van der Waals surface area contributed by atoms with E-state index in [4.69, 9.17) is 22.2 Å². The van der Waals surface area contributed by atoms with Gasteiger partial charge in [0.05, 0.1) is 0 Å². The Hall–Kier alpha value is -0.379. The van der Waals surface area contributed by atoms with Gasteiger partial charge in [-0.2, -0.15) is 0 Å². The van der Waals surface area contributed by atoms with Crippen LogP contribution in [0.4, 0.5) is 0 Å². The average molecular weight is 602 g/mol. The Morgan fingerprint density at radius 1 is 0.879 bits per heavy atom. The Morgan fingerprint density at radius 3 is 1.85 bits per heavy atom. The molecule has 5 heteroatoms. The molecule has 2 aliphatic rings. The van der Waals surface area contributed by atoms with Gasteiger partial charge < -0.3 is 0 Å². The van der Waals surface area contributed by atoms with Crippen molar-refractivity contribution in [3.8, 4) is 0 Å². The van der Waals surface area contributed by atoms with Gasteiger partial charge in [-0.25, -0.2) is 0 Å². The molecule has 0 saturated carbocycles. The van der Waals surface area contributed by atoms with Gasteiger partial charge in [0.15, 0.2) is 0 Å². The van der Waals surface area contributed by atoms with E-state index in [2.05, 4.69) is 88.1 Å². The molecule has 2 saturated heterocycles. The second-order valence-corrected chi connectivity index (χ2v) is 32.4. The number of halogens is 2. The number of benzene rings is 2. The Bertz CT molecular complexity index is 987. The molecule has 0 N–H and O–H groups in total. The van der Waals surface area contributed by atoms with Crippen LogP contribution >= 0.6 is 22.2 Å². The molecule has 2 bridgehead atoms. The van der Waals surface area contributed by atoms with Crippen LogP contribution in [0, 0.1) is 0 Å². The SMILES string of the molecule is C[C](=C=C([C@H](B1C2CCCC1CCC2)c1ccccc1)[Si](Cl)(Cl)c1ccccc1)[Sn]([CH3])([CH3])[CH3]. The predicted octanol–water partition coefficient (Wildman–Crippen LogP) is 8.63. The van der Waals surface area contributed by atoms with E-state index in [9.17, 15) is 0 Å². The van der Waals surface area contributed by atoms with E-state index in [1.807, 2.05) is 0 Å². The first-order valence-corrected chi connectivity index (χ1v) is 26.7. The second-order valence-electron chi connectivity index (χ2n) is 11.2. The molecule has 0 aromatic heterocycles. The summed E-state index contributed by atoms with van der Waals surface area (Å²) in [7, 11) is 0. The first-order valence-electron chi connectivity index (χ1n) is 12.7. The van der Waals surface area contributed by atoms with Crippen LogP contribution in [0.15, 0.2) is 75.2 Å². The summed E-state index contributed by atoms with van der Waals surface area (Å²) in [4.78, 5) is 7.40. The van der Waals surface area contributed by atoms with Gasteiger partial charge in [-0.05, 0) is 0 Å². The molecule has 2 fully saturated rings. The predicted molar refractivity (Wildman–Crippen MR) is 153 cm³/mol. The van der Waals surface area contributed by atoms with Gasteiger partial charge in [-0.1, -0.05) is 0 Å². The molecule has 0 radical (unpaired) electrons. The summed E-state index contributed by atoms with van der Waals surface area (Å²) in [5, 5.41) is 2.31. The molecule has 2 aliphatic heterocycles. The van der Waals surface area contributed by atoms with Crippen LogP contribution in [0.1, 0.15) is 56.8 Å². The van der Waals surface area contributed by atoms with Crippen molar-refractivity contribution in [1.82, 2.24) is 0 Å². The molecule has 2 aromatic rings. The van der Waals surface area contributed by atoms with Gasteiger partial charge in [0, 0.05) is 0 Å². The maximum absolute atomic E-state index is 7.56. The van der Waals surface area contributed by atoms with E-state index in [0.717, 1.165) is 16.8 Å². The molecule has 0 unspecified atom stereocenters. The van der Waals surface area contributed by atoms with E-state index < -0.39 is 25.1 Å². The van der Waals surface area contributed by atoms with Crippen LogP contribution in [0.5, 0.6) is 0 Å². The molecule has 0 spiro atoms. The fourth-order valence-corrected chi connectivity index (χ4v) is 11.6. The van der Waals surface area contributed by atoms with E-state index in [-0.39, 0.29) is 5.82 Å². The maximum atomic E-state index is 7.56. The Kier molecular flexibility index (Phi) is 8.34. The first-order chi connectivity index (χ1) is 15.7. The summed E-state index contributed by atoms with van der Waals surface area (Å²) in [6.07, 6.45) is 8.16. The van der Waals surface area contributed by atoms with Crippen LogP contribution < -0.4 is 5.19 Å². The number of rotatable bonds is 6. The van der Waals surface area contributed by atoms with E-state index in [1.54, 1.807) is 0 Å². The fraction of sp³-hybridized carbons (Fsp3) is 0.464. The molecular formula is C28H37BCl2SiSn. The third-order valence-electron chi connectivity index (χ3n) is 8.16. The van der Waals surface area contributed by atoms with Crippen molar-refractivity contribution in [2.24, 2.45) is 0 Å². The van der Waals surface area contributed by atoms with Crippen LogP contribution in [-0.4, -0.2) is 31.8 Å². The van der Waals surface area contributed by atoms with Crippen molar-refractivity contribution < 1.29 is 0 Å². The summed E-state index contributed by atoms with van der Waals surface area (Å²) in [6.45, 7) is -0.0517. The van der Waals surface area contributed by atoms with Crippen LogP contribution in [-0.2, 0) is 0 Å². The number of hydrogen-bond donors (Lipinski definition) is 0. The fourth-order valence-electron chi connectivity index (χ4n) is 6.06. The summed E-state index contributed by atoms with van der Waals surface area (Å²) < 4.78 is 1.44. The third kappa shape index (κ3) is 5.72. The van der Waals surface area contributed by atoms with E-state index in [1.165, 1.54) is 52.9 Å². The van der Waals surface area contributed by atoms with Crippen LogP contribution in [0.25, 0.3) is 0 Å². The summed E-state index contributed by atoms with van der Waals surface area (Å²) in [5.41, 5.74) is 5.39. The van der Waals surface area contributed by atoms with Gasteiger partial charge in [0.25, 0.3) is 0 Å². The summed E-state index contributed by atoms with van der Waals surface area (Å²) >= 11 is 12.8. The summed E-state index contributed by atoms with van der Waals surface area (Å²) in [5.74, 6) is 1.80. The van der Waals surface area contributed by atoms with Gasteiger partial charge in [0.1, 0.15) is 0 Å². The van der Waals surface area contributed by atoms with Crippen LogP contribution in [0.3, 0.4) is 0 Å². The van der Waals surface area contributed by atoms with Gasteiger partial charge >= 0.3 is 218 Å². The van der Waals surface area contributed by atoms with Crippen molar-refractivity contribution in [3.63, 3.8) is 0 Å². The summed E-state index contributed by atoms with van der Waals surface area (Å²) in [6, 6.07) is 21.6. The standard InChI is InChI=1S/C25H28BCl2Si.3CH3.Sn/c1-2-11-24(29(27,28)23-18-7-4-8-19-23)25(20-12-5-3-6-13-20)26-21-14-9-15-22(26)17-10-16-21;;;;/h3-8,12-13,18-19,21-22,25H,9-10,14-17H2,1H3;3*1H3;/t11?,21?,22?,25-;;;;/m1..../s1. The minimum atomic E-state index is -2.97. The van der Waals surface area contributed by atoms with Gasteiger partial charge in [-0.15, -0.1) is 0 Å². The normalized spacial score (nSPS) is 21.8. The average Bonchev–Trinajstić information content (AvgIpc) is 2.79. The monoisotopic (exact) mass is 602 g/mol. The van der Waals surface area contributed by atoms with E-state index >= 15 is 0 Å². The molecule has 4 rings (SSSR count). The van der Waals surface area contributed by atoms with E-state index in [0.29, 0.717) is 6.71 Å². The van der Waals surface area contributed by atoms with Crippen molar-refractivity contribution >= 4 is 59.1 Å². The van der Waals surface area contributed by atoms with Crippen molar-refractivity contribution in [2.45, 2.75) is 77.7 Å². The van der Waals surface area contributed by atoms with Crippen molar-refractivity contribution in [3.05, 3.63) is 80.7 Å². The number of allylic oxidation sites excluding steroid dienone is 1. The zero-order valence-corrected chi connectivity index (χ0v) is 25.9. The zero-order valence-electron chi connectivity index (χ0n) is 20.6. The third-order valence-corrected chi connectivity index (χ3v) is 19.6. The van der Waals surface area contributed by atoms with Crippen molar-refractivity contribution in [1.29, 1.82) is 0 Å². The molecular weight excluding hydrogens is 565 g/mol. The first kappa shape index (κ1) is 25.7. The molecule has 0 amide bonds. The molecule has 33 heavy (non-hydrogen) atoms. The second kappa shape index (κ2) is 10.7. The molecule has 174 valence electrons. The zero-order chi connectivity index (χ0) is 23.6. The Labute approximate surface area is 216 Å². The van der Waals surface area contributed by atoms with Gasteiger partial charge in [0.2, 0.25) is 0 Å². The molecule has 1 atom stereocenters. The quantitative estimate of drug-likeness (QED) is 0.177. The molecule has 0 aliphatic carbocycles. The number of fused-ring (bicyclic) bond motifs is 2. The topological polar surface area (TPSA) is 0 Å². The number of hydrogen-bond acceptors (Lipinski definition) is 0. The molecule has 2 heterocycles. The van der Waals surface area contributed by atoms with Gasteiger partial charge in [-0.3, -0.25) is 0 Å². The van der Waals surface area contributed by atoms with Crippen LogP contribution in [0.2, 0.25) is 26.5 Å². The Morgan fingerprint density at radius 2 is 1.36 bits per heavy atom. The Balaban J connectivity index is 1.98. The molecule has 0 nitrogen and oxygen atoms in total. The molecule has 2 aromatic carbocycles. The van der Waals surface area contributed by atoms with Crippen molar-refractivity contribution in [2.75, 3.05) is 0 Å².